The van der Waals surface area contributed by atoms with Crippen LogP contribution in [0.15, 0.2) is 4.99 Å². The van der Waals surface area contributed by atoms with Crippen LogP contribution in [0.25, 0.3) is 0 Å². The van der Waals surface area contributed by atoms with Crippen molar-refractivity contribution in [1.82, 2.24) is 5.32 Å². The van der Waals surface area contributed by atoms with Crippen LogP contribution < -0.4 is 5.32 Å². The zero-order valence-electron chi connectivity index (χ0n) is 9.63. The normalized spacial score (nSPS) is 36.4. The zero-order chi connectivity index (χ0) is 10.7. The van der Waals surface area contributed by atoms with Gasteiger partial charge in [-0.25, -0.2) is 0 Å². The molecule has 3 heteroatoms. The van der Waals surface area contributed by atoms with E-state index >= 15 is 0 Å². The molecule has 1 heterocycles. The molecular formula is C12H22N2O. The van der Waals surface area contributed by atoms with E-state index in [9.17, 15) is 5.11 Å². The molecule has 0 radical (unpaired) electrons. The van der Waals surface area contributed by atoms with Crippen LogP contribution in [-0.4, -0.2) is 29.6 Å². The van der Waals surface area contributed by atoms with E-state index in [2.05, 4.69) is 17.2 Å². The molecule has 0 unspecified atom stereocenters. The number of hydrogen-bond acceptors (Lipinski definition) is 3. The lowest BCUT2D eigenvalue weighted by Crippen LogP contribution is -2.44. The molecule has 1 aliphatic carbocycles. The Hall–Kier alpha value is -0.570. The molecular weight excluding hydrogens is 188 g/mol. The number of nitrogens with one attached hydrogen (secondary N) is 1. The van der Waals surface area contributed by atoms with E-state index < -0.39 is 5.60 Å². The zero-order valence-corrected chi connectivity index (χ0v) is 9.63. The van der Waals surface area contributed by atoms with E-state index in [0.29, 0.717) is 6.54 Å². The summed E-state index contributed by atoms with van der Waals surface area (Å²) in [6.45, 7) is 3.92. The second kappa shape index (κ2) is 4.52. The summed E-state index contributed by atoms with van der Waals surface area (Å²) in [6, 6.07) is 0. The minimum atomic E-state index is -0.475. The Morgan fingerprint density at radius 2 is 2.20 bits per heavy atom. The highest BCUT2D eigenvalue weighted by atomic mass is 16.3. The Morgan fingerprint density at radius 1 is 1.47 bits per heavy atom. The van der Waals surface area contributed by atoms with Crippen molar-refractivity contribution in [1.29, 1.82) is 0 Å². The largest absolute Gasteiger partial charge is 0.388 e. The Kier molecular flexibility index (Phi) is 3.29. The van der Waals surface area contributed by atoms with E-state index in [-0.39, 0.29) is 0 Å². The van der Waals surface area contributed by atoms with Gasteiger partial charge in [-0.2, -0.15) is 0 Å². The maximum absolute atomic E-state index is 10.3. The van der Waals surface area contributed by atoms with E-state index in [0.717, 1.165) is 56.8 Å². The van der Waals surface area contributed by atoms with Crippen LogP contribution >= 0.6 is 0 Å². The first-order chi connectivity index (χ1) is 7.18. The Balaban J connectivity index is 1.77. The van der Waals surface area contributed by atoms with Crippen molar-refractivity contribution >= 4 is 5.84 Å². The van der Waals surface area contributed by atoms with Crippen molar-refractivity contribution < 1.29 is 5.11 Å². The van der Waals surface area contributed by atoms with Crippen molar-refractivity contribution in [2.24, 2.45) is 10.9 Å². The van der Waals surface area contributed by atoms with E-state index in [4.69, 9.17) is 0 Å². The maximum atomic E-state index is 10.3. The molecule has 0 atom stereocenters. The molecule has 0 bridgehead atoms. The second-order valence-corrected chi connectivity index (χ2v) is 5.19. The third-order valence-corrected chi connectivity index (χ3v) is 3.70. The van der Waals surface area contributed by atoms with Crippen molar-refractivity contribution in [3.8, 4) is 0 Å². The third kappa shape index (κ3) is 2.94. The average Bonchev–Trinajstić information content (AvgIpc) is 2.73. The van der Waals surface area contributed by atoms with Gasteiger partial charge in [0.15, 0.2) is 0 Å². The molecule has 15 heavy (non-hydrogen) atoms. The lowest BCUT2D eigenvalue weighted by Gasteiger charge is -2.35. The molecule has 1 fully saturated rings. The number of aliphatic hydroxyl groups is 1. The van der Waals surface area contributed by atoms with Crippen molar-refractivity contribution in [3.05, 3.63) is 0 Å². The van der Waals surface area contributed by atoms with E-state index in [1.54, 1.807) is 0 Å². The number of aliphatic imine (C=N–C) groups is 1. The molecule has 1 saturated carbocycles. The first-order valence-electron chi connectivity index (χ1n) is 6.18. The van der Waals surface area contributed by atoms with Gasteiger partial charge in [0, 0.05) is 19.5 Å². The summed E-state index contributed by atoms with van der Waals surface area (Å²) in [4.78, 5) is 4.36. The maximum Gasteiger partial charge on any atom is 0.0964 e. The van der Waals surface area contributed by atoms with Crippen LogP contribution in [0.3, 0.4) is 0 Å². The fourth-order valence-electron chi connectivity index (χ4n) is 2.43. The molecule has 2 rings (SSSR count). The minimum absolute atomic E-state index is 0.475. The van der Waals surface area contributed by atoms with Crippen molar-refractivity contribution in [2.75, 3.05) is 13.1 Å². The van der Waals surface area contributed by atoms with Crippen molar-refractivity contribution in [2.45, 2.75) is 51.0 Å². The molecule has 0 aromatic carbocycles. The highest BCUT2D eigenvalue weighted by Gasteiger charge is 2.31. The summed E-state index contributed by atoms with van der Waals surface area (Å²) in [6.07, 6.45) is 6.42. The summed E-state index contributed by atoms with van der Waals surface area (Å²) in [5.74, 6) is 1.89. The van der Waals surface area contributed by atoms with Gasteiger partial charge in [0.1, 0.15) is 0 Å². The average molecular weight is 210 g/mol. The summed E-state index contributed by atoms with van der Waals surface area (Å²) in [5.41, 5.74) is -0.475. The van der Waals surface area contributed by atoms with Crippen LogP contribution in [0, 0.1) is 5.92 Å². The van der Waals surface area contributed by atoms with Crippen LogP contribution in [0.5, 0.6) is 0 Å². The summed E-state index contributed by atoms with van der Waals surface area (Å²) < 4.78 is 0. The van der Waals surface area contributed by atoms with Gasteiger partial charge >= 0.3 is 0 Å². The topological polar surface area (TPSA) is 44.6 Å². The Morgan fingerprint density at radius 3 is 2.80 bits per heavy atom. The fraction of sp³-hybridized carbons (Fsp3) is 0.917. The number of rotatable bonds is 2. The van der Waals surface area contributed by atoms with Crippen LogP contribution in [0.1, 0.15) is 45.4 Å². The molecule has 0 spiro atoms. The number of hydrogen-bond donors (Lipinski definition) is 2. The minimum Gasteiger partial charge on any atom is -0.388 e. The quantitative estimate of drug-likeness (QED) is 0.728. The predicted molar refractivity (Wildman–Crippen MR) is 62.1 cm³/mol. The van der Waals surface area contributed by atoms with Gasteiger partial charge < -0.3 is 10.4 Å². The highest BCUT2D eigenvalue weighted by molar-refractivity contribution is 5.83. The standard InChI is InChI=1S/C12H22N2O/c1-10-4-6-12(15,7-5-10)9-14-11-3-2-8-13-11/h10,15H,2-9H2,1H3,(H,13,14). The summed E-state index contributed by atoms with van der Waals surface area (Å²) >= 11 is 0. The lowest BCUT2D eigenvalue weighted by atomic mass is 9.79. The number of amidine groups is 1. The molecule has 0 aromatic heterocycles. The Labute approximate surface area is 92.0 Å². The van der Waals surface area contributed by atoms with Crippen LogP contribution in [-0.2, 0) is 0 Å². The highest BCUT2D eigenvalue weighted by Crippen LogP contribution is 2.31. The SMILES string of the molecule is CC1CCC(O)(CNC2=NCCC2)CC1. The molecule has 0 aromatic rings. The number of nitrogens with zero attached hydrogens (tertiary/aromatic N) is 1. The van der Waals surface area contributed by atoms with Gasteiger partial charge in [0.2, 0.25) is 0 Å². The van der Waals surface area contributed by atoms with Gasteiger partial charge in [-0.3, -0.25) is 4.99 Å². The molecule has 0 amide bonds. The fourth-order valence-corrected chi connectivity index (χ4v) is 2.43. The summed E-state index contributed by atoms with van der Waals surface area (Å²) in [7, 11) is 0. The smallest absolute Gasteiger partial charge is 0.0964 e. The molecule has 1 aliphatic heterocycles. The molecule has 2 N–H and O–H groups in total. The first kappa shape index (κ1) is 10.9. The van der Waals surface area contributed by atoms with Crippen LogP contribution in [0.2, 0.25) is 0 Å². The van der Waals surface area contributed by atoms with Crippen LogP contribution in [0.4, 0.5) is 0 Å². The summed E-state index contributed by atoms with van der Waals surface area (Å²) in [5, 5.41) is 13.6. The molecule has 3 nitrogen and oxygen atoms in total. The third-order valence-electron chi connectivity index (χ3n) is 3.70. The van der Waals surface area contributed by atoms with Gasteiger partial charge in [0.25, 0.3) is 0 Å². The monoisotopic (exact) mass is 210 g/mol. The molecule has 86 valence electrons. The molecule has 2 aliphatic rings. The van der Waals surface area contributed by atoms with Gasteiger partial charge in [-0.15, -0.1) is 0 Å². The molecule has 0 saturated heterocycles. The van der Waals surface area contributed by atoms with Gasteiger partial charge in [0.05, 0.1) is 11.4 Å². The lowest BCUT2D eigenvalue weighted by molar-refractivity contribution is -0.00253. The second-order valence-electron chi connectivity index (χ2n) is 5.19. The van der Waals surface area contributed by atoms with Crippen molar-refractivity contribution in [3.63, 3.8) is 0 Å². The predicted octanol–water partition coefficient (Wildman–Crippen LogP) is 1.71. The van der Waals surface area contributed by atoms with Gasteiger partial charge in [-0.05, 0) is 38.0 Å². The van der Waals surface area contributed by atoms with Gasteiger partial charge in [-0.1, -0.05) is 6.92 Å². The first-order valence-corrected chi connectivity index (χ1v) is 6.18. The van der Waals surface area contributed by atoms with E-state index in [1.165, 1.54) is 0 Å². The Bertz CT molecular complexity index is 242. The van der Waals surface area contributed by atoms with E-state index in [1.807, 2.05) is 0 Å².